The zero-order chi connectivity index (χ0) is 11.5. The summed E-state index contributed by atoms with van der Waals surface area (Å²) in [5, 5.41) is 14.4. The Labute approximate surface area is 92.4 Å². The molecule has 0 aromatic rings. The molecule has 0 aromatic carbocycles. The standard InChI is InChI=1S/C11H24N2O2/c1-3-4-5-6-8-12-11(15)13-9-7-10(2)14/h10,14H,3-9H2,1-2H3,(H2,12,13,15). The lowest BCUT2D eigenvalue weighted by atomic mass is 10.2. The van der Waals surface area contributed by atoms with E-state index in [0.29, 0.717) is 13.0 Å². The fraction of sp³-hybridized carbons (Fsp3) is 0.909. The van der Waals surface area contributed by atoms with Crippen LogP contribution in [0.3, 0.4) is 0 Å². The normalized spacial score (nSPS) is 12.2. The van der Waals surface area contributed by atoms with Gasteiger partial charge in [-0.1, -0.05) is 26.2 Å². The lowest BCUT2D eigenvalue weighted by Gasteiger charge is -2.08. The van der Waals surface area contributed by atoms with Crippen molar-refractivity contribution in [2.24, 2.45) is 0 Å². The van der Waals surface area contributed by atoms with Crippen LogP contribution in [0.15, 0.2) is 0 Å². The number of unbranched alkanes of at least 4 members (excludes halogenated alkanes) is 3. The lowest BCUT2D eigenvalue weighted by Crippen LogP contribution is -2.37. The van der Waals surface area contributed by atoms with E-state index in [1.54, 1.807) is 6.92 Å². The average Bonchev–Trinajstić information content (AvgIpc) is 2.17. The van der Waals surface area contributed by atoms with Crippen molar-refractivity contribution >= 4 is 6.03 Å². The smallest absolute Gasteiger partial charge is 0.314 e. The summed E-state index contributed by atoms with van der Waals surface area (Å²) in [5.74, 6) is 0. The minimum absolute atomic E-state index is 0.132. The maximum atomic E-state index is 11.2. The summed E-state index contributed by atoms with van der Waals surface area (Å²) in [7, 11) is 0. The van der Waals surface area contributed by atoms with E-state index in [0.717, 1.165) is 13.0 Å². The van der Waals surface area contributed by atoms with Crippen LogP contribution in [0, 0.1) is 0 Å². The molecule has 0 aliphatic carbocycles. The molecule has 3 N–H and O–H groups in total. The minimum Gasteiger partial charge on any atom is -0.393 e. The molecule has 0 bridgehead atoms. The summed E-state index contributed by atoms with van der Waals surface area (Å²) in [4.78, 5) is 11.2. The van der Waals surface area contributed by atoms with Crippen molar-refractivity contribution in [3.05, 3.63) is 0 Å². The monoisotopic (exact) mass is 216 g/mol. The Hall–Kier alpha value is -0.770. The molecule has 0 heterocycles. The number of hydrogen-bond acceptors (Lipinski definition) is 2. The molecule has 2 amide bonds. The van der Waals surface area contributed by atoms with Gasteiger partial charge >= 0.3 is 6.03 Å². The summed E-state index contributed by atoms with van der Waals surface area (Å²) >= 11 is 0. The second-order valence-corrected chi connectivity index (χ2v) is 3.88. The zero-order valence-electron chi connectivity index (χ0n) is 9.88. The third kappa shape index (κ3) is 11.2. The quantitative estimate of drug-likeness (QED) is 0.540. The van der Waals surface area contributed by atoms with Gasteiger partial charge in [0, 0.05) is 13.1 Å². The molecule has 1 unspecified atom stereocenters. The molecule has 4 heteroatoms. The van der Waals surface area contributed by atoms with Gasteiger partial charge in [-0.25, -0.2) is 4.79 Å². The van der Waals surface area contributed by atoms with Gasteiger partial charge in [0.2, 0.25) is 0 Å². The molecule has 4 nitrogen and oxygen atoms in total. The number of urea groups is 1. The van der Waals surface area contributed by atoms with E-state index in [2.05, 4.69) is 17.6 Å². The molecule has 0 aromatic heterocycles. The number of hydrogen-bond donors (Lipinski definition) is 3. The van der Waals surface area contributed by atoms with Crippen LogP contribution >= 0.6 is 0 Å². The van der Waals surface area contributed by atoms with Gasteiger partial charge in [0.25, 0.3) is 0 Å². The van der Waals surface area contributed by atoms with Crippen LogP contribution in [0.2, 0.25) is 0 Å². The second-order valence-electron chi connectivity index (χ2n) is 3.88. The number of carbonyl (C=O) groups excluding carboxylic acids is 1. The minimum atomic E-state index is -0.352. The number of amides is 2. The first-order chi connectivity index (χ1) is 7.16. The number of nitrogens with one attached hydrogen (secondary N) is 2. The highest BCUT2D eigenvalue weighted by Crippen LogP contribution is 1.96. The van der Waals surface area contributed by atoms with Gasteiger partial charge in [-0.3, -0.25) is 0 Å². The van der Waals surface area contributed by atoms with Gasteiger partial charge in [0.05, 0.1) is 6.10 Å². The molecule has 0 fully saturated rings. The van der Waals surface area contributed by atoms with E-state index in [4.69, 9.17) is 5.11 Å². The van der Waals surface area contributed by atoms with Crippen molar-refractivity contribution in [3.8, 4) is 0 Å². The van der Waals surface area contributed by atoms with Crippen LogP contribution < -0.4 is 10.6 Å². The Morgan fingerprint density at radius 3 is 2.47 bits per heavy atom. The van der Waals surface area contributed by atoms with E-state index < -0.39 is 0 Å². The molecular weight excluding hydrogens is 192 g/mol. The van der Waals surface area contributed by atoms with Crippen LogP contribution in [0.25, 0.3) is 0 Å². The molecule has 0 rings (SSSR count). The first kappa shape index (κ1) is 14.2. The lowest BCUT2D eigenvalue weighted by molar-refractivity contribution is 0.183. The maximum Gasteiger partial charge on any atom is 0.314 e. The molecule has 1 atom stereocenters. The molecule has 15 heavy (non-hydrogen) atoms. The van der Waals surface area contributed by atoms with E-state index in [-0.39, 0.29) is 12.1 Å². The summed E-state index contributed by atoms with van der Waals surface area (Å²) in [6.07, 6.45) is 4.90. The molecule has 0 saturated heterocycles. The van der Waals surface area contributed by atoms with Crippen molar-refractivity contribution in [2.45, 2.75) is 52.1 Å². The molecule has 0 aliphatic heterocycles. The highest BCUT2D eigenvalue weighted by Gasteiger charge is 1.99. The van der Waals surface area contributed by atoms with Gasteiger partial charge in [-0.15, -0.1) is 0 Å². The second kappa shape index (κ2) is 9.77. The first-order valence-corrected chi connectivity index (χ1v) is 5.86. The number of aliphatic hydroxyl groups excluding tert-OH is 1. The largest absolute Gasteiger partial charge is 0.393 e. The van der Waals surface area contributed by atoms with Crippen molar-refractivity contribution in [3.63, 3.8) is 0 Å². The van der Waals surface area contributed by atoms with Crippen molar-refractivity contribution < 1.29 is 9.90 Å². The highest BCUT2D eigenvalue weighted by molar-refractivity contribution is 5.73. The predicted octanol–water partition coefficient (Wildman–Crippen LogP) is 1.64. The summed E-state index contributed by atoms with van der Waals surface area (Å²) < 4.78 is 0. The molecule has 0 radical (unpaired) electrons. The van der Waals surface area contributed by atoms with Crippen LogP contribution in [0.5, 0.6) is 0 Å². The summed E-state index contributed by atoms with van der Waals surface area (Å²) in [6.45, 7) is 5.14. The zero-order valence-corrected chi connectivity index (χ0v) is 9.88. The van der Waals surface area contributed by atoms with E-state index in [9.17, 15) is 4.79 Å². The van der Waals surface area contributed by atoms with Crippen LogP contribution in [0.1, 0.15) is 46.0 Å². The molecule has 0 spiro atoms. The van der Waals surface area contributed by atoms with Crippen molar-refractivity contribution in [1.29, 1.82) is 0 Å². The van der Waals surface area contributed by atoms with Gasteiger partial charge in [-0.2, -0.15) is 0 Å². The maximum absolute atomic E-state index is 11.2. The third-order valence-corrected chi connectivity index (χ3v) is 2.16. The Morgan fingerprint density at radius 2 is 1.87 bits per heavy atom. The Balaban J connectivity index is 3.19. The number of rotatable bonds is 8. The van der Waals surface area contributed by atoms with E-state index in [1.165, 1.54) is 19.3 Å². The topological polar surface area (TPSA) is 61.4 Å². The third-order valence-electron chi connectivity index (χ3n) is 2.16. The Morgan fingerprint density at radius 1 is 1.20 bits per heavy atom. The Bertz CT molecular complexity index is 161. The predicted molar refractivity (Wildman–Crippen MR) is 61.8 cm³/mol. The number of carbonyl (C=O) groups is 1. The molecule has 0 saturated carbocycles. The van der Waals surface area contributed by atoms with Crippen molar-refractivity contribution in [1.82, 2.24) is 10.6 Å². The fourth-order valence-electron chi connectivity index (χ4n) is 1.21. The average molecular weight is 216 g/mol. The molecule has 90 valence electrons. The SMILES string of the molecule is CCCCCCNC(=O)NCCC(C)O. The summed E-state index contributed by atoms with van der Waals surface area (Å²) in [6, 6.07) is -0.132. The van der Waals surface area contributed by atoms with Crippen molar-refractivity contribution in [2.75, 3.05) is 13.1 Å². The van der Waals surface area contributed by atoms with E-state index >= 15 is 0 Å². The van der Waals surface area contributed by atoms with Crippen LogP contribution in [-0.2, 0) is 0 Å². The molecule has 0 aliphatic rings. The Kier molecular flexibility index (Phi) is 9.27. The molecular formula is C11H24N2O2. The van der Waals surface area contributed by atoms with Gasteiger partial charge < -0.3 is 15.7 Å². The number of aliphatic hydroxyl groups is 1. The first-order valence-electron chi connectivity index (χ1n) is 5.86. The fourth-order valence-corrected chi connectivity index (χ4v) is 1.21. The van der Waals surface area contributed by atoms with Gasteiger partial charge in [0.1, 0.15) is 0 Å². The summed E-state index contributed by atoms with van der Waals surface area (Å²) in [5.41, 5.74) is 0. The van der Waals surface area contributed by atoms with E-state index in [1.807, 2.05) is 0 Å². The van der Waals surface area contributed by atoms with Gasteiger partial charge in [0.15, 0.2) is 0 Å². The van der Waals surface area contributed by atoms with Gasteiger partial charge in [-0.05, 0) is 19.8 Å². The highest BCUT2D eigenvalue weighted by atomic mass is 16.3. The van der Waals surface area contributed by atoms with Crippen LogP contribution in [0.4, 0.5) is 4.79 Å². The van der Waals surface area contributed by atoms with Crippen LogP contribution in [-0.4, -0.2) is 30.3 Å².